The number of nitrogens with zero attached hydrogens (tertiary/aromatic N) is 1. The Morgan fingerprint density at radius 2 is 1.96 bits per heavy atom. The second-order valence-corrected chi connectivity index (χ2v) is 5.07. The predicted molar refractivity (Wildman–Crippen MR) is 82.0 cm³/mol. The SMILES string of the molecule is N/C(=C\Nc1ccc(F)c(C(F)F)c1)COc1ccc(C(F)(F)F)cn1. The van der Waals surface area contributed by atoms with E-state index < -0.39 is 29.5 Å². The van der Waals surface area contributed by atoms with Gasteiger partial charge in [0.2, 0.25) is 5.88 Å². The number of hydrogen-bond acceptors (Lipinski definition) is 4. The van der Waals surface area contributed by atoms with Gasteiger partial charge in [0.1, 0.15) is 12.4 Å². The number of alkyl halides is 5. The number of halogens is 6. The maximum Gasteiger partial charge on any atom is 0.417 e. The summed E-state index contributed by atoms with van der Waals surface area (Å²) in [6.07, 6.45) is -5.61. The van der Waals surface area contributed by atoms with Gasteiger partial charge < -0.3 is 15.8 Å². The summed E-state index contributed by atoms with van der Waals surface area (Å²) in [5.41, 5.74) is 4.25. The molecule has 1 heterocycles. The van der Waals surface area contributed by atoms with Gasteiger partial charge in [-0.1, -0.05) is 0 Å². The summed E-state index contributed by atoms with van der Waals surface area (Å²) < 4.78 is 80.8. The molecule has 1 aromatic heterocycles. The summed E-state index contributed by atoms with van der Waals surface area (Å²) in [4.78, 5) is 3.51. The molecule has 2 aromatic rings. The molecule has 3 N–H and O–H groups in total. The molecular formula is C16H13F6N3O. The Kier molecular flexibility index (Phi) is 5.96. The summed E-state index contributed by atoms with van der Waals surface area (Å²) in [6, 6.07) is 4.91. The zero-order valence-electron chi connectivity index (χ0n) is 13.0. The third-order valence-electron chi connectivity index (χ3n) is 3.11. The first-order valence-electron chi connectivity index (χ1n) is 7.11. The summed E-state index contributed by atoms with van der Waals surface area (Å²) in [5.74, 6) is -1.10. The van der Waals surface area contributed by atoms with Crippen LogP contribution in [0.2, 0.25) is 0 Å². The van der Waals surface area contributed by atoms with E-state index in [9.17, 15) is 26.3 Å². The number of rotatable bonds is 6. The summed E-state index contributed by atoms with van der Waals surface area (Å²) >= 11 is 0. The highest BCUT2D eigenvalue weighted by molar-refractivity contribution is 5.49. The van der Waals surface area contributed by atoms with E-state index in [1.165, 1.54) is 12.3 Å². The Labute approximate surface area is 144 Å². The van der Waals surface area contributed by atoms with Gasteiger partial charge >= 0.3 is 6.18 Å². The van der Waals surface area contributed by atoms with Crippen molar-refractivity contribution in [1.82, 2.24) is 4.98 Å². The smallest absolute Gasteiger partial charge is 0.417 e. The number of ether oxygens (including phenoxy) is 1. The number of benzene rings is 1. The average Bonchev–Trinajstić information content (AvgIpc) is 2.58. The lowest BCUT2D eigenvalue weighted by atomic mass is 10.2. The minimum atomic E-state index is -4.50. The monoisotopic (exact) mass is 377 g/mol. The molecule has 0 radical (unpaired) electrons. The fourth-order valence-corrected chi connectivity index (χ4v) is 1.81. The van der Waals surface area contributed by atoms with Crippen molar-refractivity contribution in [2.45, 2.75) is 12.6 Å². The fraction of sp³-hybridized carbons (Fsp3) is 0.188. The maximum atomic E-state index is 13.2. The van der Waals surface area contributed by atoms with Gasteiger partial charge in [-0.3, -0.25) is 0 Å². The molecular weight excluding hydrogens is 364 g/mol. The highest BCUT2D eigenvalue weighted by Crippen LogP contribution is 2.29. The second-order valence-electron chi connectivity index (χ2n) is 5.07. The molecule has 0 aliphatic heterocycles. The average molecular weight is 377 g/mol. The van der Waals surface area contributed by atoms with Crippen molar-refractivity contribution in [2.75, 3.05) is 11.9 Å². The van der Waals surface area contributed by atoms with Crippen molar-refractivity contribution in [3.8, 4) is 5.88 Å². The van der Waals surface area contributed by atoms with Crippen LogP contribution < -0.4 is 15.8 Å². The van der Waals surface area contributed by atoms with Crippen LogP contribution >= 0.6 is 0 Å². The molecule has 140 valence electrons. The molecule has 0 aliphatic rings. The highest BCUT2D eigenvalue weighted by atomic mass is 19.4. The topological polar surface area (TPSA) is 60.2 Å². The van der Waals surface area contributed by atoms with Gasteiger partial charge in [0, 0.05) is 24.2 Å². The highest BCUT2D eigenvalue weighted by Gasteiger charge is 2.30. The maximum absolute atomic E-state index is 13.2. The fourth-order valence-electron chi connectivity index (χ4n) is 1.81. The molecule has 10 heteroatoms. The quantitative estimate of drug-likeness (QED) is 0.730. The Morgan fingerprint density at radius 1 is 1.23 bits per heavy atom. The normalized spacial score (nSPS) is 12.3. The summed E-state index contributed by atoms with van der Waals surface area (Å²) in [6.45, 7) is -0.214. The van der Waals surface area contributed by atoms with Crippen LogP contribution in [-0.4, -0.2) is 11.6 Å². The Hall–Kier alpha value is -2.91. The van der Waals surface area contributed by atoms with Crippen LogP contribution in [0.3, 0.4) is 0 Å². The standard InChI is InChI=1S/C16H13F6N3O/c17-13-3-2-11(5-12(13)15(18)19)24-7-10(23)8-26-14-4-1-9(6-25-14)16(20,21)22/h1-7,15,24H,8,23H2/b10-7-. The Morgan fingerprint density at radius 3 is 2.54 bits per heavy atom. The van der Waals surface area contributed by atoms with E-state index >= 15 is 0 Å². The molecule has 0 atom stereocenters. The molecule has 0 fully saturated rings. The van der Waals surface area contributed by atoms with Crippen LogP contribution in [0.25, 0.3) is 0 Å². The summed E-state index contributed by atoms with van der Waals surface area (Å²) in [7, 11) is 0. The number of hydrogen-bond donors (Lipinski definition) is 2. The van der Waals surface area contributed by atoms with Crippen LogP contribution in [-0.2, 0) is 6.18 Å². The third-order valence-corrected chi connectivity index (χ3v) is 3.11. The molecule has 0 amide bonds. The van der Waals surface area contributed by atoms with Crippen molar-refractivity contribution in [3.63, 3.8) is 0 Å². The summed E-state index contributed by atoms with van der Waals surface area (Å²) in [5, 5.41) is 2.60. The Balaban J connectivity index is 1.93. The lowest BCUT2D eigenvalue weighted by Gasteiger charge is -2.09. The molecule has 4 nitrogen and oxygen atoms in total. The van der Waals surface area contributed by atoms with Gasteiger partial charge in [-0.15, -0.1) is 0 Å². The van der Waals surface area contributed by atoms with Crippen LogP contribution in [0.1, 0.15) is 17.6 Å². The van der Waals surface area contributed by atoms with Gasteiger partial charge in [0.25, 0.3) is 6.43 Å². The minimum Gasteiger partial charge on any atom is -0.471 e. The number of pyridine rings is 1. The second kappa shape index (κ2) is 7.98. The first-order chi connectivity index (χ1) is 12.2. The van der Waals surface area contributed by atoms with Crippen molar-refractivity contribution in [1.29, 1.82) is 0 Å². The van der Waals surface area contributed by atoms with Crippen molar-refractivity contribution >= 4 is 5.69 Å². The zero-order valence-corrected chi connectivity index (χ0v) is 13.0. The van der Waals surface area contributed by atoms with Gasteiger partial charge in [0.05, 0.1) is 16.8 Å². The van der Waals surface area contributed by atoms with Gasteiger partial charge in [-0.25, -0.2) is 18.2 Å². The molecule has 0 saturated carbocycles. The van der Waals surface area contributed by atoms with E-state index in [2.05, 4.69) is 10.3 Å². The first kappa shape index (κ1) is 19.4. The number of nitrogens with two attached hydrogens (primary N) is 1. The van der Waals surface area contributed by atoms with Gasteiger partial charge in [-0.05, 0) is 24.3 Å². The van der Waals surface area contributed by atoms with E-state index in [0.717, 1.165) is 24.3 Å². The van der Waals surface area contributed by atoms with Crippen LogP contribution in [0.4, 0.5) is 32.0 Å². The number of nitrogens with one attached hydrogen (secondary N) is 1. The van der Waals surface area contributed by atoms with Gasteiger partial charge in [0.15, 0.2) is 0 Å². The molecule has 0 aliphatic carbocycles. The van der Waals surface area contributed by atoms with Gasteiger partial charge in [-0.2, -0.15) is 13.2 Å². The molecule has 2 rings (SSSR count). The third kappa shape index (κ3) is 5.30. The largest absolute Gasteiger partial charge is 0.471 e. The van der Waals surface area contributed by atoms with Crippen molar-refractivity contribution < 1.29 is 31.1 Å². The molecule has 26 heavy (non-hydrogen) atoms. The van der Waals surface area contributed by atoms with E-state index in [1.807, 2.05) is 0 Å². The molecule has 0 saturated heterocycles. The molecule has 0 bridgehead atoms. The predicted octanol–water partition coefficient (Wildman–Crippen LogP) is 4.47. The van der Waals surface area contributed by atoms with Crippen LogP contribution in [0.5, 0.6) is 5.88 Å². The lowest BCUT2D eigenvalue weighted by Crippen LogP contribution is -2.12. The zero-order chi connectivity index (χ0) is 19.3. The van der Waals surface area contributed by atoms with E-state index in [-0.39, 0.29) is 23.9 Å². The first-order valence-corrected chi connectivity index (χ1v) is 7.11. The van der Waals surface area contributed by atoms with Crippen LogP contribution in [0, 0.1) is 5.82 Å². The number of aromatic nitrogens is 1. The van der Waals surface area contributed by atoms with Crippen molar-refractivity contribution in [3.05, 3.63) is 65.4 Å². The lowest BCUT2D eigenvalue weighted by molar-refractivity contribution is -0.137. The molecule has 1 aromatic carbocycles. The Bertz CT molecular complexity index is 775. The minimum absolute atomic E-state index is 0.0730. The van der Waals surface area contributed by atoms with Crippen LogP contribution in [0.15, 0.2) is 48.4 Å². The molecule has 0 spiro atoms. The van der Waals surface area contributed by atoms with E-state index in [0.29, 0.717) is 6.20 Å². The van der Waals surface area contributed by atoms with Crippen molar-refractivity contribution in [2.24, 2.45) is 5.73 Å². The van der Waals surface area contributed by atoms with E-state index in [4.69, 9.17) is 10.5 Å². The molecule has 0 unspecified atom stereocenters. The van der Waals surface area contributed by atoms with E-state index in [1.54, 1.807) is 0 Å². The number of anilines is 1.